The van der Waals surface area contributed by atoms with Gasteiger partial charge in [0, 0.05) is 7.11 Å². The second kappa shape index (κ2) is 6.01. The summed E-state index contributed by atoms with van der Waals surface area (Å²) in [6.45, 7) is 3.34. The summed E-state index contributed by atoms with van der Waals surface area (Å²) in [7, 11) is 1.89. The molecule has 2 heteroatoms. The summed E-state index contributed by atoms with van der Waals surface area (Å²) in [6.07, 6.45) is 12.7. The molecule has 2 nitrogen and oxygen atoms in total. The molecule has 1 unspecified atom stereocenters. The Balaban J connectivity index is 2.09. The number of allylic oxidation sites excluding steroid dienone is 1. The van der Waals surface area contributed by atoms with Crippen LogP contribution in [0.15, 0.2) is 11.6 Å². The van der Waals surface area contributed by atoms with Gasteiger partial charge < -0.3 is 10.1 Å². The number of hydrogen-bond acceptors (Lipinski definition) is 2. The van der Waals surface area contributed by atoms with Crippen molar-refractivity contribution >= 4 is 0 Å². The Labute approximate surface area is 106 Å². The summed E-state index contributed by atoms with van der Waals surface area (Å²) in [5, 5.41) is 3.74. The van der Waals surface area contributed by atoms with Crippen LogP contribution in [-0.4, -0.2) is 25.3 Å². The molecule has 0 aromatic heterocycles. The van der Waals surface area contributed by atoms with Crippen molar-refractivity contribution in [1.82, 2.24) is 5.32 Å². The average molecular weight is 237 g/mol. The van der Waals surface area contributed by atoms with Gasteiger partial charge in [-0.05, 0) is 57.9 Å². The maximum Gasteiger partial charge on any atom is 0.0869 e. The number of nitrogens with one attached hydrogen (secondary N) is 1. The summed E-state index contributed by atoms with van der Waals surface area (Å²) < 4.78 is 5.88. The molecule has 1 atom stereocenters. The van der Waals surface area contributed by atoms with Crippen LogP contribution in [0.2, 0.25) is 0 Å². The van der Waals surface area contributed by atoms with Crippen LogP contribution in [0.25, 0.3) is 0 Å². The van der Waals surface area contributed by atoms with Crippen molar-refractivity contribution in [2.24, 2.45) is 0 Å². The molecule has 0 radical (unpaired) electrons. The van der Waals surface area contributed by atoms with Crippen molar-refractivity contribution in [2.45, 2.75) is 69.9 Å². The lowest BCUT2D eigenvalue weighted by atomic mass is 9.70. The predicted molar refractivity (Wildman–Crippen MR) is 72.2 cm³/mol. The fourth-order valence-corrected chi connectivity index (χ4v) is 3.20. The normalized spacial score (nSPS) is 24.9. The first-order chi connectivity index (χ1) is 8.32. The molecule has 0 spiro atoms. The van der Waals surface area contributed by atoms with Crippen LogP contribution < -0.4 is 5.32 Å². The molecule has 2 rings (SSSR count). The van der Waals surface area contributed by atoms with Crippen molar-refractivity contribution in [1.29, 1.82) is 0 Å². The minimum atomic E-state index is 0.109. The molecule has 17 heavy (non-hydrogen) atoms. The minimum absolute atomic E-state index is 0.109. The van der Waals surface area contributed by atoms with Gasteiger partial charge >= 0.3 is 0 Å². The molecule has 0 amide bonds. The van der Waals surface area contributed by atoms with E-state index in [0.29, 0.717) is 6.04 Å². The van der Waals surface area contributed by atoms with Gasteiger partial charge in [-0.3, -0.25) is 0 Å². The second-order valence-corrected chi connectivity index (χ2v) is 5.53. The smallest absolute Gasteiger partial charge is 0.0869 e. The lowest BCUT2D eigenvalue weighted by molar-refractivity contribution is -0.0905. The van der Waals surface area contributed by atoms with Gasteiger partial charge in [0.2, 0.25) is 0 Å². The Morgan fingerprint density at radius 3 is 2.65 bits per heavy atom. The van der Waals surface area contributed by atoms with E-state index in [1.807, 2.05) is 7.11 Å². The molecule has 0 heterocycles. The zero-order chi connectivity index (χ0) is 12.1. The van der Waals surface area contributed by atoms with E-state index in [4.69, 9.17) is 4.74 Å². The highest BCUT2D eigenvalue weighted by atomic mass is 16.5. The monoisotopic (exact) mass is 237 g/mol. The second-order valence-electron chi connectivity index (χ2n) is 5.53. The van der Waals surface area contributed by atoms with Crippen molar-refractivity contribution in [2.75, 3.05) is 13.7 Å². The van der Waals surface area contributed by atoms with Crippen LogP contribution >= 0.6 is 0 Å². The Bertz CT molecular complexity index is 263. The first kappa shape index (κ1) is 13.1. The fraction of sp³-hybridized carbons (Fsp3) is 0.867. The zero-order valence-corrected chi connectivity index (χ0v) is 11.4. The predicted octanol–water partition coefficient (Wildman–Crippen LogP) is 3.42. The molecule has 0 saturated heterocycles. The molecule has 1 N–H and O–H groups in total. The first-order valence-corrected chi connectivity index (χ1v) is 7.30. The summed E-state index contributed by atoms with van der Waals surface area (Å²) in [5.74, 6) is 0. The third kappa shape index (κ3) is 2.74. The molecule has 0 aromatic carbocycles. The molecule has 2 aliphatic carbocycles. The van der Waals surface area contributed by atoms with Crippen LogP contribution in [0.5, 0.6) is 0 Å². The largest absolute Gasteiger partial charge is 0.376 e. The molecule has 98 valence electrons. The molecule has 0 aliphatic heterocycles. The maximum atomic E-state index is 5.88. The Hall–Kier alpha value is -0.340. The highest BCUT2D eigenvalue weighted by Gasteiger charge is 2.45. The van der Waals surface area contributed by atoms with Crippen molar-refractivity contribution in [3.63, 3.8) is 0 Å². The molecule has 1 saturated carbocycles. The van der Waals surface area contributed by atoms with E-state index < -0.39 is 0 Å². The van der Waals surface area contributed by atoms with E-state index in [-0.39, 0.29) is 5.60 Å². The van der Waals surface area contributed by atoms with Gasteiger partial charge in [0.15, 0.2) is 0 Å². The first-order valence-electron chi connectivity index (χ1n) is 7.30. The van der Waals surface area contributed by atoms with E-state index >= 15 is 0 Å². The van der Waals surface area contributed by atoms with Crippen LogP contribution in [0.4, 0.5) is 0 Å². The molecular formula is C15H27NO. The molecule has 0 aromatic rings. The third-order valence-electron chi connectivity index (χ3n) is 4.43. The summed E-state index contributed by atoms with van der Waals surface area (Å²) in [6, 6.07) is 0.474. The van der Waals surface area contributed by atoms with Crippen molar-refractivity contribution in [3.8, 4) is 0 Å². The van der Waals surface area contributed by atoms with E-state index in [0.717, 1.165) is 6.54 Å². The van der Waals surface area contributed by atoms with Gasteiger partial charge in [-0.2, -0.15) is 0 Å². The minimum Gasteiger partial charge on any atom is -0.376 e. The fourth-order valence-electron chi connectivity index (χ4n) is 3.20. The topological polar surface area (TPSA) is 21.3 Å². The number of rotatable bonds is 6. The Morgan fingerprint density at radius 1 is 1.35 bits per heavy atom. The van der Waals surface area contributed by atoms with E-state index in [1.165, 1.54) is 51.4 Å². The van der Waals surface area contributed by atoms with Gasteiger partial charge in [-0.1, -0.05) is 18.6 Å². The third-order valence-corrected chi connectivity index (χ3v) is 4.43. The molecule has 0 bridgehead atoms. The van der Waals surface area contributed by atoms with Crippen molar-refractivity contribution in [3.05, 3.63) is 11.6 Å². The quantitative estimate of drug-likeness (QED) is 0.715. The maximum absolute atomic E-state index is 5.88. The Kier molecular flexibility index (Phi) is 4.63. The van der Waals surface area contributed by atoms with Crippen LogP contribution in [0.3, 0.4) is 0 Å². The van der Waals surface area contributed by atoms with E-state index in [1.54, 1.807) is 5.57 Å². The zero-order valence-electron chi connectivity index (χ0n) is 11.4. The van der Waals surface area contributed by atoms with Crippen LogP contribution in [0, 0.1) is 0 Å². The number of methoxy groups -OCH3 is 1. The van der Waals surface area contributed by atoms with Crippen molar-refractivity contribution < 1.29 is 4.74 Å². The van der Waals surface area contributed by atoms with Crippen LogP contribution in [-0.2, 0) is 4.74 Å². The number of ether oxygens (including phenoxy) is 1. The van der Waals surface area contributed by atoms with Gasteiger partial charge in [0.05, 0.1) is 11.6 Å². The lowest BCUT2D eigenvalue weighted by Crippen LogP contribution is -2.57. The highest BCUT2D eigenvalue weighted by molar-refractivity contribution is 5.21. The summed E-state index contributed by atoms with van der Waals surface area (Å²) >= 11 is 0. The Morgan fingerprint density at radius 2 is 2.18 bits per heavy atom. The number of hydrogen-bond donors (Lipinski definition) is 1. The van der Waals surface area contributed by atoms with Gasteiger partial charge in [-0.15, -0.1) is 0 Å². The standard InChI is InChI=1S/C15H27NO/c1-3-12-16-14(13-8-5-4-6-9-13)15(17-2)10-7-11-15/h8,14,16H,3-7,9-12H2,1-2H3. The molecule has 1 fully saturated rings. The summed E-state index contributed by atoms with van der Waals surface area (Å²) in [5.41, 5.74) is 1.73. The highest BCUT2D eigenvalue weighted by Crippen LogP contribution is 2.42. The van der Waals surface area contributed by atoms with Gasteiger partial charge in [0.25, 0.3) is 0 Å². The van der Waals surface area contributed by atoms with Gasteiger partial charge in [0.1, 0.15) is 0 Å². The van der Waals surface area contributed by atoms with Gasteiger partial charge in [-0.25, -0.2) is 0 Å². The average Bonchev–Trinajstić information content (AvgIpc) is 2.33. The SMILES string of the molecule is CCCNC(C1=CCCCC1)C1(OC)CCC1. The lowest BCUT2D eigenvalue weighted by Gasteiger charge is -2.48. The molecule has 2 aliphatic rings. The molecular weight excluding hydrogens is 210 g/mol. The van der Waals surface area contributed by atoms with E-state index in [2.05, 4.69) is 18.3 Å². The van der Waals surface area contributed by atoms with Crippen LogP contribution in [0.1, 0.15) is 58.3 Å². The summed E-state index contributed by atoms with van der Waals surface area (Å²) in [4.78, 5) is 0. The van der Waals surface area contributed by atoms with E-state index in [9.17, 15) is 0 Å².